The van der Waals surface area contributed by atoms with Crippen LogP contribution in [0, 0.1) is 6.92 Å². The lowest BCUT2D eigenvalue weighted by atomic mass is 10.0. The number of nitrogens with one attached hydrogen (secondary N) is 2. The van der Waals surface area contributed by atoms with Gasteiger partial charge >= 0.3 is 5.97 Å². The molecule has 0 atom stereocenters. The molecule has 0 aliphatic rings. The summed E-state index contributed by atoms with van der Waals surface area (Å²) in [7, 11) is 1.51. The second kappa shape index (κ2) is 8.96. The van der Waals surface area contributed by atoms with Gasteiger partial charge in [0, 0.05) is 11.3 Å². The summed E-state index contributed by atoms with van der Waals surface area (Å²) >= 11 is 5.23. The number of benzene rings is 2. The molecule has 2 aromatic rings. The van der Waals surface area contributed by atoms with Gasteiger partial charge in [-0.3, -0.25) is 10.2 Å². The van der Waals surface area contributed by atoms with Crippen LogP contribution in [0.4, 0.5) is 5.69 Å². The summed E-state index contributed by atoms with van der Waals surface area (Å²) < 4.78 is 5.20. The number of nitrogens with zero attached hydrogens (tertiary/aromatic N) is 1. The Morgan fingerprint density at radius 1 is 1.23 bits per heavy atom. The number of carboxylic acids is 1. The molecule has 0 fully saturated rings. The summed E-state index contributed by atoms with van der Waals surface area (Å²) in [5.41, 5.74) is 6.88. The van der Waals surface area contributed by atoms with Crippen LogP contribution < -0.4 is 15.5 Å². The molecule has 2 aromatic carbocycles. The Balaban J connectivity index is 2.07. The average Bonchev–Trinajstić information content (AvgIpc) is 2.61. The van der Waals surface area contributed by atoms with E-state index in [0.717, 1.165) is 11.3 Å². The van der Waals surface area contributed by atoms with Crippen LogP contribution in [0.3, 0.4) is 0 Å². The average molecular weight is 371 g/mol. The summed E-state index contributed by atoms with van der Waals surface area (Å²) in [4.78, 5) is 11.0. The van der Waals surface area contributed by atoms with Crippen LogP contribution in [0.1, 0.15) is 23.6 Å². The van der Waals surface area contributed by atoms with E-state index in [1.54, 1.807) is 12.1 Å². The number of aliphatic carboxylic acids is 1. The zero-order chi connectivity index (χ0) is 19.1. The third kappa shape index (κ3) is 5.56. The van der Waals surface area contributed by atoms with Crippen molar-refractivity contribution in [3.8, 4) is 5.75 Å². The normalized spacial score (nSPS) is 11.0. The second-order valence-corrected chi connectivity index (χ2v) is 6.13. The molecular formula is C19H21N3O3S. The largest absolute Gasteiger partial charge is 0.496 e. The fourth-order valence-corrected chi connectivity index (χ4v) is 2.46. The van der Waals surface area contributed by atoms with Crippen LogP contribution in [0.25, 0.3) is 0 Å². The summed E-state index contributed by atoms with van der Waals surface area (Å²) in [5.74, 6) is -0.384. The molecule has 0 aliphatic carbocycles. The molecule has 7 heteroatoms. The Bertz CT molecular complexity index is 832. The van der Waals surface area contributed by atoms with Crippen molar-refractivity contribution in [2.24, 2.45) is 5.10 Å². The van der Waals surface area contributed by atoms with Gasteiger partial charge in [0.15, 0.2) is 5.11 Å². The lowest BCUT2D eigenvalue weighted by molar-refractivity contribution is -0.136. The Kier molecular flexibility index (Phi) is 6.68. The van der Waals surface area contributed by atoms with Crippen molar-refractivity contribution in [1.82, 2.24) is 5.43 Å². The first-order valence-corrected chi connectivity index (χ1v) is 8.37. The van der Waals surface area contributed by atoms with Crippen LogP contribution in [0.2, 0.25) is 0 Å². The van der Waals surface area contributed by atoms with E-state index in [2.05, 4.69) is 15.8 Å². The van der Waals surface area contributed by atoms with Crippen LogP contribution in [0.5, 0.6) is 5.75 Å². The maximum atomic E-state index is 11.0. The first-order valence-electron chi connectivity index (χ1n) is 7.96. The van der Waals surface area contributed by atoms with Gasteiger partial charge in [0.1, 0.15) is 5.75 Å². The van der Waals surface area contributed by atoms with Gasteiger partial charge in [0.25, 0.3) is 0 Å². The number of aryl methyl sites for hydroxylation is 1. The maximum absolute atomic E-state index is 11.0. The highest BCUT2D eigenvalue weighted by molar-refractivity contribution is 7.80. The number of carboxylic acid groups (broad SMARTS) is 1. The molecule has 0 heterocycles. The van der Waals surface area contributed by atoms with E-state index in [1.807, 2.05) is 44.2 Å². The van der Waals surface area contributed by atoms with Crippen molar-refractivity contribution in [3.63, 3.8) is 0 Å². The number of hydrazone groups is 1. The molecule has 136 valence electrons. The van der Waals surface area contributed by atoms with E-state index < -0.39 is 5.97 Å². The van der Waals surface area contributed by atoms with Gasteiger partial charge in [0.05, 0.1) is 19.2 Å². The van der Waals surface area contributed by atoms with Crippen molar-refractivity contribution in [2.45, 2.75) is 20.3 Å². The van der Waals surface area contributed by atoms with Gasteiger partial charge in [-0.05, 0) is 62.0 Å². The molecular weight excluding hydrogens is 350 g/mol. The number of methoxy groups -OCH3 is 1. The van der Waals surface area contributed by atoms with E-state index >= 15 is 0 Å². The molecule has 0 amide bonds. The van der Waals surface area contributed by atoms with E-state index in [9.17, 15) is 4.79 Å². The van der Waals surface area contributed by atoms with E-state index in [-0.39, 0.29) is 6.42 Å². The molecule has 3 N–H and O–H groups in total. The summed E-state index contributed by atoms with van der Waals surface area (Å²) in [6.45, 7) is 3.83. The molecule has 26 heavy (non-hydrogen) atoms. The second-order valence-electron chi connectivity index (χ2n) is 5.73. The smallest absolute Gasteiger partial charge is 0.307 e. The molecule has 0 aromatic heterocycles. The number of anilines is 1. The van der Waals surface area contributed by atoms with E-state index in [1.165, 1.54) is 12.7 Å². The molecule has 0 spiro atoms. The predicted octanol–water partition coefficient (Wildman–Crippen LogP) is 3.34. The van der Waals surface area contributed by atoms with Crippen LogP contribution in [-0.2, 0) is 11.2 Å². The number of hydrogen-bond acceptors (Lipinski definition) is 4. The van der Waals surface area contributed by atoms with Crippen molar-refractivity contribution in [2.75, 3.05) is 12.4 Å². The summed E-state index contributed by atoms with van der Waals surface area (Å²) in [6.07, 6.45) is -0.120. The van der Waals surface area contributed by atoms with Gasteiger partial charge in [-0.15, -0.1) is 0 Å². The third-order valence-corrected chi connectivity index (χ3v) is 3.87. The minimum Gasteiger partial charge on any atom is -0.496 e. The van der Waals surface area contributed by atoms with Crippen molar-refractivity contribution < 1.29 is 14.6 Å². The Hall–Kier alpha value is -2.93. The SMILES string of the molecule is COc1ccc(/C(C)=N\NC(=S)Nc2ccc(C)cc2)cc1CC(=O)O. The van der Waals surface area contributed by atoms with E-state index in [0.29, 0.717) is 22.1 Å². The third-order valence-electron chi connectivity index (χ3n) is 3.67. The van der Waals surface area contributed by atoms with Crippen LogP contribution in [0.15, 0.2) is 47.6 Å². The molecule has 0 radical (unpaired) electrons. The first-order chi connectivity index (χ1) is 12.4. The molecule has 0 saturated carbocycles. The minimum atomic E-state index is -0.920. The zero-order valence-electron chi connectivity index (χ0n) is 14.9. The van der Waals surface area contributed by atoms with E-state index in [4.69, 9.17) is 22.1 Å². The monoisotopic (exact) mass is 371 g/mol. The van der Waals surface area contributed by atoms with Crippen LogP contribution in [-0.4, -0.2) is 29.0 Å². The summed E-state index contributed by atoms with van der Waals surface area (Å²) in [5, 5.41) is 16.7. The fraction of sp³-hybridized carbons (Fsp3) is 0.211. The standard InChI is InChI=1S/C19H21N3O3S/c1-12-4-7-16(8-5-12)20-19(26)22-21-13(2)14-6-9-17(25-3)15(10-14)11-18(23)24/h4-10H,11H2,1-3H3,(H,23,24)(H2,20,22,26)/b21-13-. The minimum absolute atomic E-state index is 0.120. The zero-order valence-corrected chi connectivity index (χ0v) is 15.7. The molecule has 2 rings (SSSR count). The van der Waals surface area contributed by atoms with Crippen molar-refractivity contribution in [1.29, 1.82) is 0 Å². The molecule has 0 saturated heterocycles. The number of thiocarbonyl (C=S) groups is 1. The highest BCUT2D eigenvalue weighted by Crippen LogP contribution is 2.21. The number of rotatable bonds is 6. The van der Waals surface area contributed by atoms with Gasteiger partial charge in [-0.1, -0.05) is 17.7 Å². The first kappa shape index (κ1) is 19.4. The topological polar surface area (TPSA) is 83.0 Å². The fourth-order valence-electron chi connectivity index (χ4n) is 2.30. The Morgan fingerprint density at radius 2 is 1.92 bits per heavy atom. The molecule has 0 bridgehead atoms. The Labute approximate surface area is 157 Å². The van der Waals surface area contributed by atoms with Gasteiger partial charge < -0.3 is 15.2 Å². The quantitative estimate of drug-likeness (QED) is 0.410. The van der Waals surface area contributed by atoms with Gasteiger partial charge in [-0.25, -0.2) is 0 Å². The Morgan fingerprint density at radius 3 is 2.54 bits per heavy atom. The van der Waals surface area contributed by atoms with Crippen LogP contribution >= 0.6 is 12.2 Å². The van der Waals surface area contributed by atoms with Gasteiger partial charge in [0.2, 0.25) is 0 Å². The highest BCUT2D eigenvalue weighted by atomic mass is 32.1. The predicted molar refractivity (Wildman–Crippen MR) is 107 cm³/mol. The molecule has 6 nitrogen and oxygen atoms in total. The lowest BCUT2D eigenvalue weighted by Crippen LogP contribution is -2.25. The van der Waals surface area contributed by atoms with Crippen molar-refractivity contribution in [3.05, 3.63) is 59.2 Å². The number of ether oxygens (including phenoxy) is 1. The molecule has 0 unspecified atom stereocenters. The highest BCUT2D eigenvalue weighted by Gasteiger charge is 2.10. The van der Waals surface area contributed by atoms with Crippen molar-refractivity contribution >= 4 is 34.7 Å². The number of carbonyl (C=O) groups is 1. The summed E-state index contributed by atoms with van der Waals surface area (Å²) in [6, 6.07) is 13.1. The number of hydrogen-bond donors (Lipinski definition) is 3. The molecule has 0 aliphatic heterocycles. The maximum Gasteiger partial charge on any atom is 0.307 e. The van der Waals surface area contributed by atoms with Gasteiger partial charge in [-0.2, -0.15) is 5.10 Å². The lowest BCUT2D eigenvalue weighted by Gasteiger charge is -2.11.